The Labute approximate surface area is 166 Å². The Balaban J connectivity index is 0. The molecule has 145 valence electrons. The molecule has 2 heteroatoms. The molecule has 1 nitrogen and oxygen atoms in total. The first-order valence-corrected chi connectivity index (χ1v) is 11.3. The molecule has 0 aliphatic heterocycles. The van der Waals surface area contributed by atoms with E-state index in [1.807, 2.05) is 6.92 Å². The Morgan fingerprint density at radius 1 is 0.875 bits per heavy atom. The minimum absolute atomic E-state index is 0.531. The van der Waals surface area contributed by atoms with Crippen molar-refractivity contribution in [3.05, 3.63) is 19.8 Å². The summed E-state index contributed by atoms with van der Waals surface area (Å²) in [7, 11) is 0. The summed E-state index contributed by atoms with van der Waals surface area (Å²) < 4.78 is 3.94. The molecule has 0 aromatic heterocycles. The van der Waals surface area contributed by atoms with Gasteiger partial charge in [0.15, 0.2) is 0 Å². The molecule has 0 amide bonds. The average molecular weight is 416 g/mol. The molecule has 0 saturated heterocycles. The Bertz CT molecular complexity index is 210. The zero-order chi connectivity index (χ0) is 18.6. The molecule has 2 fully saturated rings. The summed E-state index contributed by atoms with van der Waals surface area (Å²) in [6.45, 7) is 14.2. The molecule has 0 unspecified atom stereocenters. The van der Waals surface area contributed by atoms with E-state index in [1.54, 1.807) is 0 Å². The van der Waals surface area contributed by atoms with Gasteiger partial charge < -0.3 is 19.8 Å². The van der Waals surface area contributed by atoms with E-state index in [2.05, 4.69) is 50.8 Å². The van der Waals surface area contributed by atoms with Gasteiger partial charge in [0.25, 0.3) is 0 Å². The van der Waals surface area contributed by atoms with Gasteiger partial charge in [-0.15, -0.1) is 0 Å². The van der Waals surface area contributed by atoms with E-state index in [9.17, 15) is 0 Å². The molecular formula is C22H44NNb-3. The SMILES string of the molecule is CC(C)[N]=[Nb].CCC1CC[CH-]CC1.CCC1CC[CH-]CC1.[CH2-]CC. The smallest absolute Gasteiger partial charge is 0.0465 e. The standard InChI is InChI=1S/2C8H15.C3H7N.C3H7.Nb/c2*1-2-8-6-4-3-5-7-8;1-3(2)4;1-3-2;/h2*3,8H,2,4-7H2,1H3;3H,1-2H3;1,3H2,2H3;/q2*-1;;-1;. The minimum Gasteiger partial charge on any atom is -0.344 e. The first kappa shape index (κ1) is 26.8. The predicted molar refractivity (Wildman–Crippen MR) is 106 cm³/mol. The second-order valence-corrected chi connectivity index (χ2v) is 7.71. The quantitative estimate of drug-likeness (QED) is 0.328. The van der Waals surface area contributed by atoms with Crippen LogP contribution in [0.5, 0.6) is 0 Å². The average Bonchev–Trinajstić information content (AvgIpc) is 2.64. The molecule has 0 N–H and O–H groups in total. The molecule has 0 aromatic carbocycles. The third-order valence-corrected chi connectivity index (χ3v) is 5.64. The number of rotatable bonds is 3. The van der Waals surface area contributed by atoms with Gasteiger partial charge in [0.1, 0.15) is 0 Å². The monoisotopic (exact) mass is 415 g/mol. The van der Waals surface area contributed by atoms with Crippen LogP contribution in [0, 0.1) is 31.6 Å². The molecular weight excluding hydrogens is 371 g/mol. The van der Waals surface area contributed by atoms with Crippen molar-refractivity contribution in [2.75, 3.05) is 0 Å². The third-order valence-electron chi connectivity index (χ3n) is 4.50. The van der Waals surface area contributed by atoms with Crippen molar-refractivity contribution in [2.45, 2.75) is 111 Å². The number of hydrogen-bond acceptors (Lipinski definition) is 1. The third kappa shape index (κ3) is 20.6. The minimum atomic E-state index is 0.531. The summed E-state index contributed by atoms with van der Waals surface area (Å²) in [6, 6.07) is 0.531. The van der Waals surface area contributed by atoms with Crippen molar-refractivity contribution in [3.63, 3.8) is 0 Å². The van der Waals surface area contributed by atoms with Crippen LogP contribution in [-0.2, 0) is 20.9 Å². The predicted octanol–water partition coefficient (Wildman–Crippen LogP) is 7.94. The molecule has 24 heavy (non-hydrogen) atoms. The summed E-state index contributed by atoms with van der Waals surface area (Å²) in [5, 5.41) is 0. The molecule has 2 aliphatic carbocycles. The maximum Gasteiger partial charge on any atom is -0.0465 e. The topological polar surface area (TPSA) is 12.4 Å². The second-order valence-electron chi connectivity index (χ2n) is 7.14. The fourth-order valence-electron chi connectivity index (χ4n) is 2.81. The number of nitrogens with zero attached hydrogens (tertiary/aromatic N) is 1. The molecule has 0 aromatic rings. The van der Waals surface area contributed by atoms with Crippen molar-refractivity contribution in [1.82, 2.24) is 0 Å². The Morgan fingerprint density at radius 3 is 1.25 bits per heavy atom. The van der Waals surface area contributed by atoms with Crippen LogP contribution in [0.2, 0.25) is 0 Å². The van der Waals surface area contributed by atoms with Gasteiger partial charge in [0.05, 0.1) is 0 Å². The molecule has 0 bridgehead atoms. The van der Waals surface area contributed by atoms with Crippen LogP contribution in [0.3, 0.4) is 0 Å². The van der Waals surface area contributed by atoms with Crippen molar-refractivity contribution < 1.29 is 20.9 Å². The van der Waals surface area contributed by atoms with E-state index >= 15 is 0 Å². The maximum atomic E-state index is 3.94. The van der Waals surface area contributed by atoms with Gasteiger partial charge in [-0.05, 0) is 11.8 Å². The molecule has 0 heterocycles. The summed E-state index contributed by atoms with van der Waals surface area (Å²) in [6.07, 6.45) is 20.0. The Hall–Kier alpha value is 0.540. The summed E-state index contributed by atoms with van der Waals surface area (Å²) in [4.78, 5) is 0. The van der Waals surface area contributed by atoms with E-state index in [4.69, 9.17) is 0 Å². The second kappa shape index (κ2) is 21.6. The van der Waals surface area contributed by atoms with Crippen LogP contribution in [0.4, 0.5) is 0 Å². The van der Waals surface area contributed by atoms with E-state index in [0.717, 1.165) is 18.3 Å². The van der Waals surface area contributed by atoms with Crippen LogP contribution >= 0.6 is 0 Å². The fourth-order valence-corrected chi connectivity index (χ4v) is 2.81. The van der Waals surface area contributed by atoms with E-state index in [-0.39, 0.29) is 0 Å². The molecule has 0 spiro atoms. The summed E-state index contributed by atoms with van der Waals surface area (Å²) in [5.41, 5.74) is 0. The van der Waals surface area contributed by atoms with Crippen molar-refractivity contribution in [2.24, 2.45) is 15.2 Å². The van der Waals surface area contributed by atoms with Crippen molar-refractivity contribution in [3.8, 4) is 0 Å². The molecule has 2 saturated carbocycles. The first-order chi connectivity index (χ1) is 11.5. The molecule has 2 rings (SSSR count). The fraction of sp³-hybridized carbons (Fsp3) is 0.864. The number of hydrogen-bond donors (Lipinski definition) is 0. The zero-order valence-electron chi connectivity index (χ0n) is 17.3. The van der Waals surface area contributed by atoms with Crippen molar-refractivity contribution >= 4 is 0 Å². The maximum absolute atomic E-state index is 3.94. The Morgan fingerprint density at radius 2 is 1.12 bits per heavy atom. The normalized spacial score (nSPS) is 18.2. The van der Waals surface area contributed by atoms with Gasteiger partial charge in [-0.1, -0.05) is 59.3 Å². The van der Waals surface area contributed by atoms with Gasteiger partial charge in [-0.25, -0.2) is 0 Å². The van der Waals surface area contributed by atoms with Crippen LogP contribution in [0.15, 0.2) is 3.34 Å². The van der Waals surface area contributed by atoms with Crippen LogP contribution in [0.25, 0.3) is 0 Å². The Kier molecular flexibility index (Phi) is 24.1. The van der Waals surface area contributed by atoms with Gasteiger partial charge in [-0.2, -0.15) is 32.1 Å². The van der Waals surface area contributed by atoms with E-state index in [0.29, 0.717) is 6.04 Å². The molecule has 0 radical (unpaired) electrons. The van der Waals surface area contributed by atoms with Crippen LogP contribution < -0.4 is 0 Å². The van der Waals surface area contributed by atoms with Gasteiger partial charge in [-0.3, -0.25) is 0 Å². The van der Waals surface area contributed by atoms with Crippen LogP contribution in [0.1, 0.15) is 105 Å². The summed E-state index contributed by atoms with van der Waals surface area (Å²) >= 11 is 1.53. The molecule has 2 aliphatic rings. The first-order valence-electron chi connectivity index (χ1n) is 10.3. The molecule has 0 atom stereocenters. The van der Waals surface area contributed by atoms with Crippen molar-refractivity contribution in [1.29, 1.82) is 0 Å². The van der Waals surface area contributed by atoms with E-state index in [1.165, 1.54) is 85.1 Å². The van der Waals surface area contributed by atoms with Gasteiger partial charge in [0.2, 0.25) is 0 Å². The van der Waals surface area contributed by atoms with Gasteiger partial charge >= 0.3 is 44.1 Å². The zero-order valence-corrected chi connectivity index (χ0v) is 19.5. The van der Waals surface area contributed by atoms with Crippen LogP contribution in [-0.4, -0.2) is 6.04 Å². The van der Waals surface area contributed by atoms with E-state index < -0.39 is 0 Å². The van der Waals surface area contributed by atoms with Gasteiger partial charge in [0, 0.05) is 0 Å². The summed E-state index contributed by atoms with van der Waals surface area (Å²) in [5.74, 6) is 2.11. The largest absolute Gasteiger partial charge is 0.344 e.